The molecule has 1 aromatic heterocycles. The molecule has 1 heterocycles. The van der Waals surface area contributed by atoms with Gasteiger partial charge in [0.05, 0.1) is 0 Å². The summed E-state index contributed by atoms with van der Waals surface area (Å²) in [6.07, 6.45) is 7.55. The third-order valence-electron chi connectivity index (χ3n) is 1.90. The zero-order valence-electron chi connectivity index (χ0n) is 8.62. The van der Waals surface area contributed by atoms with Crippen molar-refractivity contribution in [3.63, 3.8) is 0 Å². The van der Waals surface area contributed by atoms with Crippen molar-refractivity contribution in [3.05, 3.63) is 46.4 Å². The zero-order valence-corrected chi connectivity index (χ0v) is 8.62. The highest BCUT2D eigenvalue weighted by atomic mass is 16.2. The van der Waals surface area contributed by atoms with Gasteiger partial charge < -0.3 is 10.3 Å². The van der Waals surface area contributed by atoms with Crippen molar-refractivity contribution >= 4 is 5.91 Å². The van der Waals surface area contributed by atoms with Crippen LogP contribution in [0, 0.1) is 0 Å². The Morgan fingerprint density at radius 2 is 2.40 bits per heavy atom. The summed E-state index contributed by atoms with van der Waals surface area (Å²) in [6.45, 7) is 2.46. The molecule has 0 aliphatic carbocycles. The maximum Gasteiger partial charge on any atom is 0.256 e. The first-order chi connectivity index (χ1) is 7.25. The third-order valence-corrected chi connectivity index (χ3v) is 1.90. The molecule has 0 aromatic carbocycles. The summed E-state index contributed by atoms with van der Waals surface area (Å²) in [6, 6.07) is 1.33. The number of H-pyrrole nitrogens is 1. The van der Waals surface area contributed by atoms with E-state index in [0.29, 0.717) is 6.54 Å². The Morgan fingerprint density at radius 3 is 3.07 bits per heavy atom. The molecule has 0 fully saturated rings. The van der Waals surface area contributed by atoms with Crippen LogP contribution in [0.25, 0.3) is 0 Å². The predicted octanol–water partition coefficient (Wildman–Crippen LogP) is 1.07. The second-order valence-electron chi connectivity index (χ2n) is 3.04. The normalized spacial score (nSPS) is 10.5. The molecule has 0 saturated heterocycles. The van der Waals surface area contributed by atoms with E-state index in [4.69, 9.17) is 0 Å². The van der Waals surface area contributed by atoms with Crippen molar-refractivity contribution < 1.29 is 4.79 Å². The first kappa shape index (κ1) is 11.2. The van der Waals surface area contributed by atoms with E-state index in [1.807, 2.05) is 19.1 Å². The Bertz CT molecular complexity index is 407. The number of hydrogen-bond acceptors (Lipinski definition) is 2. The van der Waals surface area contributed by atoms with Crippen molar-refractivity contribution in [1.29, 1.82) is 0 Å². The van der Waals surface area contributed by atoms with Crippen molar-refractivity contribution in [2.75, 3.05) is 6.54 Å². The van der Waals surface area contributed by atoms with Gasteiger partial charge in [-0.1, -0.05) is 12.2 Å². The molecule has 0 spiro atoms. The summed E-state index contributed by atoms with van der Waals surface area (Å²) in [4.78, 5) is 25.4. The second kappa shape index (κ2) is 5.80. The number of aromatic amines is 1. The number of amides is 1. The molecule has 1 amide bonds. The summed E-state index contributed by atoms with van der Waals surface area (Å²) in [5.74, 6) is -0.332. The average Bonchev–Trinajstić information content (AvgIpc) is 2.25. The topological polar surface area (TPSA) is 62.0 Å². The number of carbonyl (C=O) groups is 1. The number of hydrogen-bond donors (Lipinski definition) is 2. The number of aromatic nitrogens is 1. The lowest BCUT2D eigenvalue weighted by atomic mass is 10.2. The van der Waals surface area contributed by atoms with Gasteiger partial charge in [0.1, 0.15) is 5.56 Å². The number of allylic oxidation sites excluding steroid dienone is 1. The van der Waals surface area contributed by atoms with Gasteiger partial charge in [0.2, 0.25) is 0 Å². The lowest BCUT2D eigenvalue weighted by Crippen LogP contribution is -2.28. The Balaban J connectivity index is 2.55. The van der Waals surface area contributed by atoms with Crippen LogP contribution in [-0.2, 0) is 0 Å². The van der Waals surface area contributed by atoms with Crippen molar-refractivity contribution in [2.24, 2.45) is 0 Å². The van der Waals surface area contributed by atoms with E-state index in [0.717, 1.165) is 6.42 Å². The first-order valence-electron chi connectivity index (χ1n) is 4.82. The van der Waals surface area contributed by atoms with Gasteiger partial charge in [0.15, 0.2) is 5.43 Å². The predicted molar refractivity (Wildman–Crippen MR) is 58.8 cm³/mol. The molecule has 0 aliphatic heterocycles. The molecular weight excluding hydrogens is 192 g/mol. The number of rotatable bonds is 4. The fraction of sp³-hybridized carbons (Fsp3) is 0.273. The smallest absolute Gasteiger partial charge is 0.256 e. The van der Waals surface area contributed by atoms with Gasteiger partial charge in [-0.2, -0.15) is 0 Å². The third kappa shape index (κ3) is 3.42. The molecule has 0 bridgehead atoms. The molecule has 1 aromatic rings. The molecule has 0 radical (unpaired) electrons. The molecule has 15 heavy (non-hydrogen) atoms. The van der Waals surface area contributed by atoms with Gasteiger partial charge in [-0.05, 0) is 13.3 Å². The molecule has 2 N–H and O–H groups in total. The minimum atomic E-state index is -0.332. The second-order valence-corrected chi connectivity index (χ2v) is 3.04. The fourth-order valence-corrected chi connectivity index (χ4v) is 1.12. The SMILES string of the molecule is C/C=C/CCNC(=O)c1c[nH]ccc1=O. The molecule has 0 aliphatic rings. The van der Waals surface area contributed by atoms with Crippen LogP contribution in [0.1, 0.15) is 23.7 Å². The highest BCUT2D eigenvalue weighted by molar-refractivity contribution is 5.93. The summed E-state index contributed by atoms with van der Waals surface area (Å²) in [7, 11) is 0. The van der Waals surface area contributed by atoms with Gasteiger partial charge in [0.25, 0.3) is 5.91 Å². The van der Waals surface area contributed by atoms with Crippen molar-refractivity contribution in [1.82, 2.24) is 10.3 Å². The number of nitrogens with one attached hydrogen (secondary N) is 2. The van der Waals surface area contributed by atoms with Crippen LogP contribution in [0.15, 0.2) is 35.4 Å². The van der Waals surface area contributed by atoms with Gasteiger partial charge >= 0.3 is 0 Å². The largest absolute Gasteiger partial charge is 0.367 e. The molecule has 0 saturated carbocycles. The lowest BCUT2D eigenvalue weighted by molar-refractivity contribution is 0.0953. The molecular formula is C11H14N2O2. The number of pyridine rings is 1. The van der Waals surface area contributed by atoms with Crippen LogP contribution >= 0.6 is 0 Å². The van der Waals surface area contributed by atoms with E-state index < -0.39 is 0 Å². The van der Waals surface area contributed by atoms with Crippen LogP contribution in [0.4, 0.5) is 0 Å². The minimum absolute atomic E-state index is 0.151. The van der Waals surface area contributed by atoms with Crippen LogP contribution in [-0.4, -0.2) is 17.4 Å². The van der Waals surface area contributed by atoms with Gasteiger partial charge in [0, 0.05) is 25.0 Å². The van der Waals surface area contributed by atoms with E-state index >= 15 is 0 Å². The summed E-state index contributed by atoms with van der Waals surface area (Å²) < 4.78 is 0. The van der Waals surface area contributed by atoms with Crippen LogP contribution in [0.2, 0.25) is 0 Å². The lowest BCUT2D eigenvalue weighted by Gasteiger charge is -2.01. The van der Waals surface area contributed by atoms with Crippen molar-refractivity contribution in [2.45, 2.75) is 13.3 Å². The van der Waals surface area contributed by atoms with Gasteiger partial charge in [-0.25, -0.2) is 0 Å². The van der Waals surface area contributed by atoms with Crippen LogP contribution < -0.4 is 10.7 Å². The van der Waals surface area contributed by atoms with E-state index in [1.54, 1.807) is 0 Å². The average molecular weight is 206 g/mol. The Labute approximate surface area is 88.0 Å². The number of carbonyl (C=O) groups excluding carboxylic acids is 1. The highest BCUT2D eigenvalue weighted by Crippen LogP contribution is 1.88. The molecule has 4 nitrogen and oxygen atoms in total. The highest BCUT2D eigenvalue weighted by Gasteiger charge is 2.07. The minimum Gasteiger partial charge on any atom is -0.367 e. The van der Waals surface area contributed by atoms with Crippen molar-refractivity contribution in [3.8, 4) is 0 Å². The standard InChI is InChI=1S/C11H14N2O2/c1-2-3-4-6-13-11(15)9-8-12-7-5-10(9)14/h2-3,5,7-8H,4,6H2,1H3,(H,12,14)(H,13,15)/b3-2+. The van der Waals surface area contributed by atoms with E-state index in [9.17, 15) is 9.59 Å². The van der Waals surface area contributed by atoms with E-state index in [-0.39, 0.29) is 16.9 Å². The molecule has 0 atom stereocenters. The van der Waals surface area contributed by atoms with E-state index in [1.165, 1.54) is 18.5 Å². The summed E-state index contributed by atoms with van der Waals surface area (Å²) >= 11 is 0. The molecule has 80 valence electrons. The summed E-state index contributed by atoms with van der Waals surface area (Å²) in [5, 5.41) is 2.66. The maximum atomic E-state index is 11.5. The maximum absolute atomic E-state index is 11.5. The van der Waals surface area contributed by atoms with E-state index in [2.05, 4.69) is 10.3 Å². The molecule has 0 unspecified atom stereocenters. The van der Waals surface area contributed by atoms with Crippen LogP contribution in [0.5, 0.6) is 0 Å². The first-order valence-corrected chi connectivity index (χ1v) is 4.82. The fourth-order valence-electron chi connectivity index (χ4n) is 1.12. The Hall–Kier alpha value is -1.84. The molecule has 4 heteroatoms. The summed E-state index contributed by atoms with van der Waals surface area (Å²) in [5.41, 5.74) is -0.115. The Kier molecular flexibility index (Phi) is 4.34. The Morgan fingerprint density at radius 1 is 1.60 bits per heavy atom. The van der Waals surface area contributed by atoms with Gasteiger partial charge in [-0.3, -0.25) is 9.59 Å². The monoisotopic (exact) mass is 206 g/mol. The molecule has 1 rings (SSSR count). The van der Waals surface area contributed by atoms with Crippen LogP contribution in [0.3, 0.4) is 0 Å². The van der Waals surface area contributed by atoms with Gasteiger partial charge in [-0.15, -0.1) is 0 Å². The quantitative estimate of drug-likeness (QED) is 0.571. The zero-order chi connectivity index (χ0) is 11.1.